The first-order chi connectivity index (χ1) is 21.3. The van der Waals surface area contributed by atoms with Crippen LogP contribution < -0.4 is 26.3 Å². The molecule has 44 heavy (non-hydrogen) atoms. The molecule has 3 aromatic heterocycles. The molecule has 11 heteroatoms. The normalized spacial score (nSPS) is 20.4. The third-order valence-electron chi connectivity index (χ3n) is 9.22. The Labute approximate surface area is 260 Å². The quantitative estimate of drug-likeness (QED) is 0.225. The van der Waals surface area contributed by atoms with Gasteiger partial charge in [0.05, 0.1) is 30.5 Å². The van der Waals surface area contributed by atoms with E-state index in [9.17, 15) is 9.59 Å². The second-order valence-electron chi connectivity index (χ2n) is 12.1. The van der Waals surface area contributed by atoms with Crippen LogP contribution in [0.5, 0.6) is 5.75 Å². The molecule has 0 bridgehead atoms. The molecule has 3 aliphatic rings. The Balaban J connectivity index is 1.30. The molecule has 0 radical (unpaired) electrons. The summed E-state index contributed by atoms with van der Waals surface area (Å²) in [7, 11) is 1.91. The fourth-order valence-electron chi connectivity index (χ4n) is 6.64. The minimum atomic E-state index is -0.246. The van der Waals surface area contributed by atoms with Crippen molar-refractivity contribution in [3.05, 3.63) is 80.2 Å². The number of fused-ring (bicyclic) bond motifs is 3. The minimum Gasteiger partial charge on any atom is -0.487 e. The van der Waals surface area contributed by atoms with Gasteiger partial charge < -0.3 is 14.5 Å². The van der Waals surface area contributed by atoms with Gasteiger partial charge in [-0.2, -0.15) is 0 Å². The third kappa shape index (κ3) is 5.33. The number of rotatable bonds is 8. The van der Waals surface area contributed by atoms with Crippen LogP contribution in [0.4, 0.5) is 11.5 Å². The highest BCUT2D eigenvalue weighted by Gasteiger charge is 2.39. The maximum atomic E-state index is 13.0. The van der Waals surface area contributed by atoms with E-state index < -0.39 is 0 Å². The Morgan fingerprint density at radius 2 is 2.09 bits per heavy atom. The van der Waals surface area contributed by atoms with Gasteiger partial charge in [-0.25, -0.2) is 4.98 Å². The maximum absolute atomic E-state index is 13.0. The minimum absolute atomic E-state index is 0.0460. The van der Waals surface area contributed by atoms with E-state index >= 15 is 0 Å². The lowest BCUT2D eigenvalue weighted by Gasteiger charge is -2.29. The Bertz CT molecular complexity index is 1780. The molecule has 230 valence electrons. The Hall–Kier alpha value is -3.93. The lowest BCUT2D eigenvalue weighted by molar-refractivity contribution is -0.143. The van der Waals surface area contributed by atoms with Gasteiger partial charge in [0.1, 0.15) is 11.9 Å². The molecule has 7 rings (SSSR count). The van der Waals surface area contributed by atoms with E-state index in [0.29, 0.717) is 19.1 Å². The highest BCUT2D eigenvalue weighted by atomic mass is 32.1. The number of nitrogens with zero attached hydrogens (tertiary/aromatic N) is 3. The zero-order chi connectivity index (χ0) is 30.5. The van der Waals surface area contributed by atoms with Crippen molar-refractivity contribution in [3.63, 3.8) is 0 Å². The van der Waals surface area contributed by atoms with Gasteiger partial charge in [0.15, 0.2) is 5.82 Å². The molecule has 1 fully saturated rings. The van der Waals surface area contributed by atoms with Crippen LogP contribution in [0.1, 0.15) is 73.0 Å². The molecule has 1 aliphatic carbocycles. The van der Waals surface area contributed by atoms with E-state index in [0.717, 1.165) is 51.6 Å². The van der Waals surface area contributed by atoms with E-state index in [1.165, 1.54) is 23.1 Å². The summed E-state index contributed by atoms with van der Waals surface area (Å²) in [6.07, 6.45) is 4.50. The monoisotopic (exact) mass is 614 g/mol. The molecule has 1 unspecified atom stereocenters. The zero-order valence-corrected chi connectivity index (χ0v) is 26.3. The number of thiophene rings is 1. The van der Waals surface area contributed by atoms with Gasteiger partial charge in [-0.05, 0) is 90.7 Å². The van der Waals surface area contributed by atoms with Crippen molar-refractivity contribution in [1.82, 2.24) is 20.4 Å². The van der Waals surface area contributed by atoms with Crippen LogP contribution in [-0.4, -0.2) is 47.1 Å². The molecule has 0 saturated heterocycles. The molecule has 1 saturated carbocycles. The van der Waals surface area contributed by atoms with Gasteiger partial charge in [0.2, 0.25) is 5.56 Å². The lowest BCUT2D eigenvalue weighted by atomic mass is 9.85. The summed E-state index contributed by atoms with van der Waals surface area (Å²) >= 11 is 1.73. The fourth-order valence-corrected chi connectivity index (χ4v) is 7.53. The van der Waals surface area contributed by atoms with E-state index in [-0.39, 0.29) is 36.0 Å². The molecule has 1 aromatic carbocycles. The second-order valence-corrected chi connectivity index (χ2v) is 13.0. The largest absolute Gasteiger partial charge is 0.487 e. The first kappa shape index (κ1) is 28.8. The Morgan fingerprint density at radius 1 is 1.25 bits per heavy atom. The Morgan fingerprint density at radius 3 is 2.89 bits per heavy atom. The Kier molecular flexibility index (Phi) is 7.55. The van der Waals surface area contributed by atoms with Crippen molar-refractivity contribution in [2.75, 3.05) is 30.6 Å². The van der Waals surface area contributed by atoms with Crippen LogP contribution >= 0.6 is 11.3 Å². The van der Waals surface area contributed by atoms with Crippen LogP contribution in [-0.2, 0) is 16.1 Å². The van der Waals surface area contributed by atoms with E-state index in [1.54, 1.807) is 17.4 Å². The SMILES string of the molecule is CCOC(=O)C[C@H](c1cc(CN2C[C@@H](C3CC3)Oc3ccc(=O)[nH]c3C2C)c2sccc2c1)c1cnc2c(c1C)NNN2C. The predicted octanol–water partition coefficient (Wildman–Crippen LogP) is 5.39. The van der Waals surface area contributed by atoms with Crippen LogP contribution in [0.3, 0.4) is 0 Å². The number of aromatic amines is 1. The average molecular weight is 615 g/mol. The predicted molar refractivity (Wildman–Crippen MR) is 172 cm³/mol. The molecule has 0 spiro atoms. The van der Waals surface area contributed by atoms with Gasteiger partial charge in [-0.15, -0.1) is 16.9 Å². The van der Waals surface area contributed by atoms with Crippen molar-refractivity contribution in [2.24, 2.45) is 5.92 Å². The van der Waals surface area contributed by atoms with Gasteiger partial charge in [0, 0.05) is 43.0 Å². The summed E-state index contributed by atoms with van der Waals surface area (Å²) < 4.78 is 13.2. The molecular formula is C33H38N6O4S. The van der Waals surface area contributed by atoms with Crippen LogP contribution in [0.25, 0.3) is 10.1 Å². The number of pyridine rings is 2. The first-order valence-electron chi connectivity index (χ1n) is 15.3. The molecular weight excluding hydrogens is 576 g/mol. The summed E-state index contributed by atoms with van der Waals surface area (Å²) in [6, 6.07) is 9.93. The molecule has 5 heterocycles. The maximum Gasteiger partial charge on any atom is 0.306 e. The van der Waals surface area contributed by atoms with Crippen LogP contribution in [0.15, 0.2) is 46.7 Å². The van der Waals surface area contributed by atoms with Crippen molar-refractivity contribution in [3.8, 4) is 5.75 Å². The number of H-pyrrole nitrogens is 1. The number of carbonyl (C=O) groups is 1. The standard InChI is InChI=1S/C33H38N6O4S/c1-5-42-29(41)14-24(25-15-34-33-30(18(25)2)36-37-38(33)4)22-12-21-10-11-44-32(21)23(13-22)16-39-17-27(20-6-7-20)43-26-8-9-28(40)35-31(26)19(39)3/h8-13,15,19-20,24,27,36-37H,5-7,14,16-17H2,1-4H3,(H,35,40)/t19?,24-,27+/m1/s1. The molecule has 2 aliphatic heterocycles. The molecule has 3 N–H and O–H groups in total. The number of esters is 1. The van der Waals surface area contributed by atoms with E-state index in [1.807, 2.05) is 31.2 Å². The lowest BCUT2D eigenvalue weighted by Crippen LogP contribution is -2.35. The second kappa shape index (κ2) is 11.5. The molecule has 0 amide bonds. The van der Waals surface area contributed by atoms with Crippen molar-refractivity contribution in [1.29, 1.82) is 0 Å². The van der Waals surface area contributed by atoms with Crippen LogP contribution in [0, 0.1) is 12.8 Å². The number of anilines is 2. The van der Waals surface area contributed by atoms with Crippen molar-refractivity contribution in [2.45, 2.75) is 64.6 Å². The number of nitrogens with one attached hydrogen (secondary N) is 3. The third-order valence-corrected chi connectivity index (χ3v) is 10.2. The highest BCUT2D eigenvalue weighted by molar-refractivity contribution is 7.17. The summed E-state index contributed by atoms with van der Waals surface area (Å²) in [4.78, 5) is 35.6. The smallest absolute Gasteiger partial charge is 0.306 e. The van der Waals surface area contributed by atoms with Gasteiger partial charge in [-0.1, -0.05) is 6.07 Å². The van der Waals surface area contributed by atoms with Crippen LogP contribution in [0.2, 0.25) is 0 Å². The summed E-state index contributed by atoms with van der Waals surface area (Å²) in [6.45, 7) is 7.83. The topological polar surface area (TPSA) is 112 Å². The summed E-state index contributed by atoms with van der Waals surface area (Å²) in [5, 5.41) is 5.11. The number of ether oxygens (including phenoxy) is 2. The van der Waals surface area contributed by atoms with Gasteiger partial charge in [0.25, 0.3) is 0 Å². The molecule has 10 nitrogen and oxygen atoms in total. The van der Waals surface area contributed by atoms with Crippen molar-refractivity contribution < 1.29 is 14.3 Å². The fraction of sp³-hybridized carbons (Fsp3) is 0.424. The molecule has 3 atom stereocenters. The summed E-state index contributed by atoms with van der Waals surface area (Å²) in [5.74, 6) is 1.63. The van der Waals surface area contributed by atoms with E-state index in [4.69, 9.17) is 14.5 Å². The first-order valence-corrected chi connectivity index (χ1v) is 16.2. The summed E-state index contributed by atoms with van der Waals surface area (Å²) in [5.41, 5.74) is 12.2. The number of hydrazine groups is 2. The number of hydrogen-bond acceptors (Lipinski definition) is 10. The van der Waals surface area contributed by atoms with Gasteiger partial charge in [-0.3, -0.25) is 24.9 Å². The zero-order valence-electron chi connectivity index (χ0n) is 25.5. The molecule has 4 aromatic rings. The van der Waals surface area contributed by atoms with Crippen molar-refractivity contribution >= 4 is 38.9 Å². The number of aromatic nitrogens is 2. The average Bonchev–Trinajstić information content (AvgIpc) is 3.65. The number of benzene rings is 1. The van der Waals surface area contributed by atoms with E-state index in [2.05, 4.69) is 58.3 Å². The highest BCUT2D eigenvalue weighted by Crippen LogP contribution is 2.43. The number of carbonyl (C=O) groups excluding carboxylic acids is 1. The number of hydrogen-bond donors (Lipinski definition) is 3. The van der Waals surface area contributed by atoms with Gasteiger partial charge >= 0.3 is 5.97 Å².